The van der Waals surface area contributed by atoms with E-state index in [4.69, 9.17) is 0 Å². The van der Waals surface area contributed by atoms with Gasteiger partial charge in [0.15, 0.2) is 0 Å². The van der Waals surface area contributed by atoms with E-state index in [2.05, 4.69) is 0 Å². The molecule has 0 bridgehead atoms. The molecule has 0 N–H and O–H groups in total. The topological polar surface area (TPSA) is 0 Å². The van der Waals surface area contributed by atoms with Crippen molar-refractivity contribution in [1.82, 2.24) is 0 Å². The van der Waals surface area contributed by atoms with Gasteiger partial charge in [-0.2, -0.15) is 0 Å². The molecule has 0 nitrogen and oxygen atoms in total. The molecule has 0 radical (unpaired) electrons. The predicted octanol–water partition coefficient (Wildman–Crippen LogP) is 8.12. The van der Waals surface area contributed by atoms with Gasteiger partial charge in [0.05, 0.1) is 0 Å². The van der Waals surface area contributed by atoms with Crippen LogP contribution < -0.4 is 0 Å². The average molecular weight is 358 g/mol. The van der Waals surface area contributed by atoms with Gasteiger partial charge in [-0.1, -0.05) is 71.1 Å². The van der Waals surface area contributed by atoms with E-state index in [9.17, 15) is 19.4 Å². The van der Waals surface area contributed by atoms with Crippen molar-refractivity contribution in [2.75, 3.05) is 0 Å². The van der Waals surface area contributed by atoms with Gasteiger partial charge in [-0.25, -0.2) is 0 Å². The molecule has 1 rings (SSSR count). The summed E-state index contributed by atoms with van der Waals surface area (Å²) < 4.78 is 67.7. The molecule has 0 fully saturated rings. The van der Waals surface area contributed by atoms with Crippen LogP contribution in [0.3, 0.4) is 0 Å². The van der Waals surface area contributed by atoms with Crippen molar-refractivity contribution in [3.05, 3.63) is 28.8 Å². The fourth-order valence-electron chi connectivity index (χ4n) is 2.92. The molecule has 0 aliphatic heterocycles. The van der Waals surface area contributed by atoms with Crippen LogP contribution in [0.4, 0.5) is 19.4 Å². The van der Waals surface area contributed by atoms with Gasteiger partial charge >= 0.3 is 10.2 Å². The van der Waals surface area contributed by atoms with Crippen LogP contribution in [0.25, 0.3) is 0 Å². The number of hydrogen-bond acceptors (Lipinski definition) is 0. The first kappa shape index (κ1) is 20.3. The number of aryl methyl sites for hydroxylation is 2. The van der Waals surface area contributed by atoms with Crippen molar-refractivity contribution < 1.29 is 19.4 Å². The Labute approximate surface area is 136 Å². The van der Waals surface area contributed by atoms with E-state index in [0.29, 0.717) is 24.8 Å². The Hall–Kier alpha value is -0.780. The third-order valence-corrected chi connectivity index (χ3v) is 5.42. The molecule has 0 saturated heterocycles. The van der Waals surface area contributed by atoms with E-state index in [1.165, 1.54) is 13.0 Å². The maximum absolute atomic E-state index is 13.5. The van der Waals surface area contributed by atoms with Crippen LogP contribution in [0.15, 0.2) is 17.0 Å². The molecule has 0 saturated carbocycles. The van der Waals surface area contributed by atoms with Gasteiger partial charge in [-0.05, 0) is 49.3 Å². The molecule has 0 aromatic heterocycles. The van der Waals surface area contributed by atoms with Crippen molar-refractivity contribution in [3.8, 4) is 0 Å². The van der Waals surface area contributed by atoms with Crippen molar-refractivity contribution in [3.63, 3.8) is 0 Å². The Balaban J connectivity index is 3.31. The molecule has 0 atom stereocenters. The van der Waals surface area contributed by atoms with Crippen LogP contribution in [-0.2, 0) is 12.8 Å². The van der Waals surface area contributed by atoms with Crippen LogP contribution in [0, 0.1) is 6.92 Å². The van der Waals surface area contributed by atoms with Crippen LogP contribution in [-0.4, -0.2) is 0 Å². The normalized spacial score (nSPS) is 15.3. The lowest BCUT2D eigenvalue weighted by Crippen LogP contribution is -2.13. The number of benzene rings is 1. The second-order valence-electron chi connectivity index (χ2n) is 6.22. The average Bonchev–Trinajstić information content (AvgIpc) is 2.38. The van der Waals surface area contributed by atoms with Crippen molar-refractivity contribution in [2.45, 2.75) is 77.0 Å². The number of rotatable bonds is 9. The zero-order valence-electron chi connectivity index (χ0n) is 14.1. The summed E-state index contributed by atoms with van der Waals surface area (Å²) in [4.78, 5) is -1.63. The van der Waals surface area contributed by atoms with Crippen LogP contribution >= 0.6 is 10.2 Å². The Kier molecular flexibility index (Phi) is 5.83. The molecular formula is C17H27F5S. The van der Waals surface area contributed by atoms with Crippen LogP contribution in [0.5, 0.6) is 0 Å². The summed E-state index contributed by atoms with van der Waals surface area (Å²) in [6, 6.07) is 2.86. The first-order chi connectivity index (χ1) is 10.4. The van der Waals surface area contributed by atoms with E-state index in [1.807, 2.05) is 13.8 Å². The Bertz CT molecular complexity index is 534. The number of hydrogen-bond donors (Lipinski definition) is 0. The van der Waals surface area contributed by atoms with Gasteiger partial charge in [-0.15, -0.1) is 0 Å². The summed E-state index contributed by atoms with van der Waals surface area (Å²) in [6.45, 7) is 5.11. The summed E-state index contributed by atoms with van der Waals surface area (Å²) in [5.41, 5.74) is -0.149. The SMILES string of the molecule is CCCCCc1ccc(CCCCC)c(S(F)(F)(F)(F)F)c1C. The number of halogens is 5. The van der Waals surface area contributed by atoms with E-state index in [1.54, 1.807) is 6.07 Å². The second-order valence-corrected chi connectivity index (χ2v) is 8.57. The minimum atomic E-state index is -9.68. The highest BCUT2D eigenvalue weighted by Gasteiger charge is 2.67. The third kappa shape index (κ3) is 5.98. The van der Waals surface area contributed by atoms with Crippen molar-refractivity contribution >= 4 is 10.2 Å². The van der Waals surface area contributed by atoms with E-state index in [0.717, 1.165) is 25.7 Å². The summed E-state index contributed by atoms with van der Waals surface area (Å²) >= 11 is 0. The maximum atomic E-state index is 13.5. The minimum Gasteiger partial charge on any atom is -0.0936 e. The first-order valence-electron chi connectivity index (χ1n) is 8.26. The third-order valence-electron chi connectivity index (χ3n) is 4.08. The van der Waals surface area contributed by atoms with Crippen LogP contribution in [0.2, 0.25) is 0 Å². The molecule has 23 heavy (non-hydrogen) atoms. The molecule has 1 aromatic rings. The monoisotopic (exact) mass is 358 g/mol. The molecule has 0 unspecified atom stereocenters. The molecule has 0 aliphatic rings. The van der Waals surface area contributed by atoms with Gasteiger partial charge < -0.3 is 0 Å². The maximum Gasteiger partial charge on any atom is 0.310 e. The lowest BCUT2D eigenvalue weighted by atomic mass is 9.97. The summed E-state index contributed by atoms with van der Waals surface area (Å²) in [7, 11) is -9.68. The van der Waals surface area contributed by atoms with Crippen molar-refractivity contribution in [2.24, 2.45) is 0 Å². The highest BCUT2D eigenvalue weighted by atomic mass is 32.5. The van der Waals surface area contributed by atoms with Gasteiger partial charge in [0.1, 0.15) is 4.90 Å². The molecule has 1 aromatic carbocycles. The van der Waals surface area contributed by atoms with Gasteiger partial charge in [0.2, 0.25) is 0 Å². The largest absolute Gasteiger partial charge is 0.310 e. The Morgan fingerprint density at radius 1 is 0.739 bits per heavy atom. The fraction of sp³-hybridized carbons (Fsp3) is 0.647. The first-order valence-corrected chi connectivity index (χ1v) is 10.2. The highest BCUT2D eigenvalue weighted by Crippen LogP contribution is 3.02. The minimum absolute atomic E-state index is 0.0465. The lowest BCUT2D eigenvalue weighted by Gasteiger charge is -2.43. The molecule has 0 amide bonds. The summed E-state index contributed by atoms with van der Waals surface area (Å²) in [6.07, 6.45) is 5.04. The van der Waals surface area contributed by atoms with E-state index < -0.39 is 15.1 Å². The predicted molar refractivity (Wildman–Crippen MR) is 89.0 cm³/mol. The zero-order valence-corrected chi connectivity index (χ0v) is 14.9. The Morgan fingerprint density at radius 3 is 1.61 bits per heavy atom. The zero-order chi connectivity index (χ0) is 17.8. The Morgan fingerprint density at radius 2 is 1.17 bits per heavy atom. The standard InChI is InChI=1S/C17H27F5S/c1-4-6-8-10-15-12-13-16(11-9-7-5-2)17(14(15)3)23(18,19,20,21)22/h12-13H,4-11H2,1-3H3. The fourth-order valence-corrected chi connectivity index (χ4v) is 4.30. The lowest BCUT2D eigenvalue weighted by molar-refractivity contribution is 0.361. The van der Waals surface area contributed by atoms with E-state index in [-0.39, 0.29) is 17.5 Å². The van der Waals surface area contributed by atoms with Gasteiger partial charge in [0.25, 0.3) is 0 Å². The quantitative estimate of drug-likeness (QED) is 0.309. The summed E-state index contributed by atoms with van der Waals surface area (Å²) in [5, 5.41) is 0. The second kappa shape index (κ2) is 6.61. The molecule has 0 spiro atoms. The van der Waals surface area contributed by atoms with Crippen LogP contribution in [0.1, 0.15) is 69.1 Å². The highest BCUT2D eigenvalue weighted by molar-refractivity contribution is 8.45. The smallest absolute Gasteiger partial charge is 0.0936 e. The van der Waals surface area contributed by atoms with Crippen molar-refractivity contribution in [1.29, 1.82) is 0 Å². The molecular weight excluding hydrogens is 331 g/mol. The summed E-state index contributed by atoms with van der Waals surface area (Å²) in [5.74, 6) is 0. The van der Waals surface area contributed by atoms with Gasteiger partial charge in [-0.3, -0.25) is 0 Å². The van der Waals surface area contributed by atoms with Gasteiger partial charge in [0, 0.05) is 0 Å². The molecule has 136 valence electrons. The molecule has 0 aliphatic carbocycles. The number of unbranched alkanes of at least 4 members (excludes halogenated alkanes) is 4. The molecule has 6 heteroatoms. The molecule has 0 heterocycles. The van der Waals surface area contributed by atoms with E-state index >= 15 is 0 Å².